The Morgan fingerprint density at radius 1 is 1.20 bits per heavy atom. The van der Waals surface area contributed by atoms with Gasteiger partial charge in [0.05, 0.1) is 29.9 Å². The summed E-state index contributed by atoms with van der Waals surface area (Å²) in [6.07, 6.45) is 0. The molecule has 2 aromatic rings. The van der Waals surface area contributed by atoms with Gasteiger partial charge in [-0.25, -0.2) is 0 Å². The van der Waals surface area contributed by atoms with Crippen molar-refractivity contribution in [2.75, 3.05) is 26.9 Å². The first kappa shape index (κ1) is 21.9. The number of carbonyl (C=O) groups excluding carboxylic acids is 2. The fraction of sp³-hybridized carbons (Fsp3) is 0.304. The van der Waals surface area contributed by atoms with E-state index in [9.17, 15) is 14.7 Å². The molecule has 1 N–H and O–H groups in total. The summed E-state index contributed by atoms with van der Waals surface area (Å²) < 4.78 is 10.6. The van der Waals surface area contributed by atoms with E-state index in [0.29, 0.717) is 22.9 Å². The third-order valence-corrected chi connectivity index (χ3v) is 5.25. The number of hydrogen-bond acceptors (Lipinski definition) is 5. The van der Waals surface area contributed by atoms with Gasteiger partial charge in [0, 0.05) is 19.2 Å². The summed E-state index contributed by atoms with van der Waals surface area (Å²) in [5, 5.41) is 11.5. The van der Waals surface area contributed by atoms with Crippen LogP contribution in [0.3, 0.4) is 0 Å². The number of aliphatic hydroxyl groups is 1. The standard InChI is InChI=1S/C23H24ClNO5/c1-4-30-18-13-16(8-9-17(18)24)21(26)19-20(15-7-5-6-14(2)12-15)25(10-11-29-3)23(28)22(19)27/h5-9,12-13,20,26H,4,10-11H2,1-3H3/b21-19-. The van der Waals surface area contributed by atoms with E-state index in [4.69, 9.17) is 21.1 Å². The summed E-state index contributed by atoms with van der Waals surface area (Å²) >= 11 is 6.15. The molecular formula is C23H24ClNO5. The van der Waals surface area contributed by atoms with E-state index < -0.39 is 17.7 Å². The fourth-order valence-corrected chi connectivity index (χ4v) is 3.73. The smallest absolute Gasteiger partial charge is 0.295 e. The molecule has 7 heteroatoms. The number of rotatable bonds is 7. The van der Waals surface area contributed by atoms with E-state index >= 15 is 0 Å². The molecule has 0 aromatic heterocycles. The van der Waals surface area contributed by atoms with Crippen molar-refractivity contribution < 1.29 is 24.2 Å². The number of amides is 1. The highest BCUT2D eigenvalue weighted by Crippen LogP contribution is 2.40. The van der Waals surface area contributed by atoms with Crippen LogP contribution in [0.5, 0.6) is 5.75 Å². The van der Waals surface area contributed by atoms with Crippen LogP contribution in [0.2, 0.25) is 5.02 Å². The zero-order valence-corrected chi connectivity index (χ0v) is 17.9. The van der Waals surface area contributed by atoms with Gasteiger partial charge in [-0.15, -0.1) is 0 Å². The van der Waals surface area contributed by atoms with E-state index in [-0.39, 0.29) is 24.5 Å². The van der Waals surface area contributed by atoms with Crippen LogP contribution in [0.1, 0.15) is 29.7 Å². The van der Waals surface area contributed by atoms with Gasteiger partial charge in [-0.3, -0.25) is 9.59 Å². The molecule has 0 saturated carbocycles. The summed E-state index contributed by atoms with van der Waals surface area (Å²) in [7, 11) is 1.53. The monoisotopic (exact) mass is 429 g/mol. The minimum Gasteiger partial charge on any atom is -0.507 e. The van der Waals surface area contributed by atoms with E-state index in [0.717, 1.165) is 11.1 Å². The topological polar surface area (TPSA) is 76.1 Å². The highest BCUT2D eigenvalue weighted by molar-refractivity contribution is 6.46. The molecule has 1 heterocycles. The molecular weight excluding hydrogens is 406 g/mol. The van der Waals surface area contributed by atoms with Crippen molar-refractivity contribution in [2.45, 2.75) is 19.9 Å². The number of nitrogens with zero attached hydrogens (tertiary/aromatic N) is 1. The lowest BCUT2D eigenvalue weighted by Crippen LogP contribution is -2.32. The van der Waals surface area contributed by atoms with E-state index in [1.165, 1.54) is 12.0 Å². The Bertz CT molecular complexity index is 1000. The first-order valence-electron chi connectivity index (χ1n) is 9.65. The number of Topliss-reactive ketones (excluding diaryl/α,β-unsaturated/α-hetero) is 1. The summed E-state index contributed by atoms with van der Waals surface area (Å²) in [5.41, 5.74) is 2.11. The molecule has 1 aliphatic heterocycles. The average molecular weight is 430 g/mol. The van der Waals surface area contributed by atoms with Gasteiger partial charge in [0.15, 0.2) is 0 Å². The number of aryl methyl sites for hydroxylation is 1. The molecule has 158 valence electrons. The van der Waals surface area contributed by atoms with Crippen molar-refractivity contribution in [1.82, 2.24) is 4.90 Å². The molecule has 1 amide bonds. The molecule has 0 aliphatic carbocycles. The Labute approximate surface area is 180 Å². The Morgan fingerprint density at radius 3 is 2.63 bits per heavy atom. The molecule has 1 atom stereocenters. The van der Waals surface area contributed by atoms with Gasteiger partial charge < -0.3 is 19.5 Å². The SMILES string of the molecule is CCOc1cc(/C(O)=C2/C(=O)C(=O)N(CCOC)C2c2cccc(C)c2)ccc1Cl. The maximum absolute atomic E-state index is 12.9. The second kappa shape index (κ2) is 9.32. The van der Waals surface area contributed by atoms with Crippen LogP contribution >= 0.6 is 11.6 Å². The molecule has 1 aliphatic rings. The van der Waals surface area contributed by atoms with Crippen LogP contribution in [-0.2, 0) is 14.3 Å². The van der Waals surface area contributed by atoms with E-state index in [1.54, 1.807) is 18.2 Å². The Hall–Kier alpha value is -2.83. The number of hydrogen-bond donors (Lipinski definition) is 1. The lowest BCUT2D eigenvalue weighted by molar-refractivity contribution is -0.140. The molecule has 1 fully saturated rings. The van der Waals surface area contributed by atoms with Gasteiger partial charge in [-0.2, -0.15) is 0 Å². The maximum atomic E-state index is 12.9. The van der Waals surface area contributed by atoms with Gasteiger partial charge >= 0.3 is 0 Å². The number of benzene rings is 2. The summed E-state index contributed by atoms with van der Waals surface area (Å²) in [5.74, 6) is -1.27. The number of ketones is 1. The normalized spacial score (nSPS) is 18.1. The average Bonchev–Trinajstić information content (AvgIpc) is 2.98. The Morgan fingerprint density at radius 2 is 1.97 bits per heavy atom. The van der Waals surface area contributed by atoms with Crippen LogP contribution in [-0.4, -0.2) is 48.6 Å². The number of ether oxygens (including phenoxy) is 2. The predicted octanol–water partition coefficient (Wildman–Crippen LogP) is 4.12. The number of methoxy groups -OCH3 is 1. The molecule has 0 radical (unpaired) electrons. The minimum atomic E-state index is -0.733. The number of aliphatic hydroxyl groups excluding tert-OH is 1. The van der Waals surface area contributed by atoms with Crippen LogP contribution in [0.25, 0.3) is 5.76 Å². The molecule has 30 heavy (non-hydrogen) atoms. The fourth-order valence-electron chi connectivity index (χ4n) is 3.56. The molecule has 3 rings (SSSR count). The third-order valence-electron chi connectivity index (χ3n) is 4.94. The van der Waals surface area contributed by atoms with Crippen molar-refractivity contribution in [2.24, 2.45) is 0 Å². The highest BCUT2D eigenvalue weighted by Gasteiger charge is 2.45. The predicted molar refractivity (Wildman–Crippen MR) is 115 cm³/mol. The van der Waals surface area contributed by atoms with Gasteiger partial charge in [0.25, 0.3) is 11.7 Å². The third kappa shape index (κ3) is 4.20. The number of likely N-dealkylation sites (tertiary alicyclic amines) is 1. The number of carbonyl (C=O) groups is 2. The Balaban J connectivity index is 2.17. The van der Waals surface area contributed by atoms with E-state index in [2.05, 4.69) is 0 Å². The van der Waals surface area contributed by atoms with Crippen LogP contribution in [0.4, 0.5) is 0 Å². The first-order chi connectivity index (χ1) is 14.4. The molecule has 6 nitrogen and oxygen atoms in total. The van der Waals surface area contributed by atoms with Gasteiger partial charge in [0.1, 0.15) is 11.5 Å². The van der Waals surface area contributed by atoms with Crippen LogP contribution in [0.15, 0.2) is 48.0 Å². The summed E-state index contributed by atoms with van der Waals surface area (Å²) in [6, 6.07) is 11.6. The molecule has 1 unspecified atom stereocenters. The lowest BCUT2D eigenvalue weighted by Gasteiger charge is -2.25. The molecule has 0 bridgehead atoms. The van der Waals surface area contributed by atoms with Gasteiger partial charge in [-0.05, 0) is 37.6 Å². The zero-order valence-electron chi connectivity index (χ0n) is 17.1. The largest absolute Gasteiger partial charge is 0.507 e. The molecule has 1 saturated heterocycles. The Kier molecular flexibility index (Phi) is 6.80. The number of halogens is 1. The van der Waals surface area contributed by atoms with E-state index in [1.807, 2.05) is 38.1 Å². The quantitative estimate of drug-likeness (QED) is 0.407. The molecule has 2 aromatic carbocycles. The summed E-state index contributed by atoms with van der Waals surface area (Å²) in [6.45, 7) is 4.64. The first-order valence-corrected chi connectivity index (χ1v) is 10.0. The van der Waals surface area contributed by atoms with Gasteiger partial charge in [-0.1, -0.05) is 41.4 Å². The summed E-state index contributed by atoms with van der Waals surface area (Å²) in [4.78, 5) is 27.1. The highest BCUT2D eigenvalue weighted by atomic mass is 35.5. The zero-order chi connectivity index (χ0) is 21.8. The minimum absolute atomic E-state index is 0.0338. The van der Waals surface area contributed by atoms with Crippen LogP contribution < -0.4 is 4.74 Å². The van der Waals surface area contributed by atoms with Crippen molar-refractivity contribution in [1.29, 1.82) is 0 Å². The van der Waals surface area contributed by atoms with Crippen molar-refractivity contribution in [3.05, 3.63) is 69.8 Å². The van der Waals surface area contributed by atoms with Crippen molar-refractivity contribution >= 4 is 29.1 Å². The maximum Gasteiger partial charge on any atom is 0.295 e. The van der Waals surface area contributed by atoms with Crippen LogP contribution in [0, 0.1) is 6.92 Å². The lowest BCUT2D eigenvalue weighted by atomic mass is 9.94. The van der Waals surface area contributed by atoms with Crippen molar-refractivity contribution in [3.8, 4) is 5.75 Å². The van der Waals surface area contributed by atoms with Crippen molar-refractivity contribution in [3.63, 3.8) is 0 Å². The molecule has 0 spiro atoms. The second-order valence-corrected chi connectivity index (χ2v) is 7.38. The second-order valence-electron chi connectivity index (χ2n) is 6.98. The van der Waals surface area contributed by atoms with Gasteiger partial charge in [0.2, 0.25) is 0 Å².